The second-order valence-electron chi connectivity index (χ2n) is 3.73. The topological polar surface area (TPSA) is 40.2 Å². The molecule has 0 unspecified atom stereocenters. The van der Waals surface area contributed by atoms with Crippen LogP contribution in [0.2, 0.25) is 0 Å². The largest absolute Gasteiger partial charge is 0.369 e. The molecule has 0 amide bonds. The Morgan fingerprint density at radius 1 is 1.33 bits per heavy atom. The fourth-order valence-electron chi connectivity index (χ4n) is 1.74. The number of nitrogens with one attached hydrogen (secondary N) is 2. The maximum atomic E-state index is 4.22. The summed E-state index contributed by atoms with van der Waals surface area (Å²) in [6.45, 7) is 6.61. The Bertz CT molecular complexity index is 269. The highest BCUT2D eigenvalue weighted by Gasteiger charge is 2.07. The molecule has 1 saturated heterocycles. The molecule has 0 aromatic carbocycles. The maximum absolute atomic E-state index is 4.22. The SMILES string of the molecule is c1ccc(NCCN2CCNCC2)nc1. The van der Waals surface area contributed by atoms with Crippen molar-refractivity contribution in [3.8, 4) is 0 Å². The first-order valence-corrected chi connectivity index (χ1v) is 5.53. The van der Waals surface area contributed by atoms with Crippen LogP contribution in [-0.2, 0) is 0 Å². The molecule has 0 aliphatic carbocycles. The minimum atomic E-state index is 0.965. The van der Waals surface area contributed by atoms with E-state index in [-0.39, 0.29) is 0 Å². The lowest BCUT2D eigenvalue weighted by Crippen LogP contribution is -2.45. The molecule has 15 heavy (non-hydrogen) atoms. The summed E-state index contributed by atoms with van der Waals surface area (Å²) in [6, 6.07) is 5.93. The van der Waals surface area contributed by atoms with Crippen molar-refractivity contribution in [1.29, 1.82) is 0 Å². The van der Waals surface area contributed by atoms with E-state index in [0.717, 1.165) is 45.1 Å². The van der Waals surface area contributed by atoms with Crippen molar-refractivity contribution in [3.63, 3.8) is 0 Å². The number of pyridine rings is 1. The zero-order valence-electron chi connectivity index (χ0n) is 8.95. The molecule has 0 atom stereocenters. The first-order chi connectivity index (χ1) is 7.45. The normalized spacial score (nSPS) is 17.6. The van der Waals surface area contributed by atoms with E-state index >= 15 is 0 Å². The van der Waals surface area contributed by atoms with E-state index in [1.807, 2.05) is 24.4 Å². The zero-order chi connectivity index (χ0) is 10.3. The van der Waals surface area contributed by atoms with Crippen molar-refractivity contribution in [2.45, 2.75) is 0 Å². The third-order valence-electron chi connectivity index (χ3n) is 2.61. The summed E-state index contributed by atoms with van der Waals surface area (Å²) in [4.78, 5) is 6.68. The van der Waals surface area contributed by atoms with Gasteiger partial charge in [0, 0.05) is 45.5 Å². The Morgan fingerprint density at radius 2 is 2.20 bits per heavy atom. The quantitative estimate of drug-likeness (QED) is 0.748. The number of piperazine rings is 1. The van der Waals surface area contributed by atoms with Crippen LogP contribution in [0.5, 0.6) is 0 Å². The van der Waals surface area contributed by atoms with Crippen LogP contribution < -0.4 is 10.6 Å². The highest BCUT2D eigenvalue weighted by molar-refractivity contribution is 5.32. The van der Waals surface area contributed by atoms with E-state index in [0.29, 0.717) is 0 Å². The molecule has 2 heterocycles. The van der Waals surface area contributed by atoms with Crippen molar-refractivity contribution in [1.82, 2.24) is 15.2 Å². The molecular formula is C11H18N4. The Hall–Kier alpha value is -1.13. The third kappa shape index (κ3) is 3.49. The molecule has 0 saturated carbocycles. The molecule has 0 spiro atoms. The first kappa shape index (κ1) is 10.4. The van der Waals surface area contributed by atoms with Gasteiger partial charge in [-0.3, -0.25) is 4.90 Å². The Morgan fingerprint density at radius 3 is 2.93 bits per heavy atom. The van der Waals surface area contributed by atoms with Crippen LogP contribution in [0.15, 0.2) is 24.4 Å². The number of hydrogen-bond donors (Lipinski definition) is 2. The number of anilines is 1. The van der Waals surface area contributed by atoms with E-state index in [1.54, 1.807) is 0 Å². The van der Waals surface area contributed by atoms with Gasteiger partial charge < -0.3 is 10.6 Å². The highest BCUT2D eigenvalue weighted by Crippen LogP contribution is 1.99. The van der Waals surface area contributed by atoms with Crippen LogP contribution in [0.3, 0.4) is 0 Å². The van der Waals surface area contributed by atoms with E-state index < -0.39 is 0 Å². The van der Waals surface area contributed by atoms with Crippen molar-refractivity contribution in [2.24, 2.45) is 0 Å². The van der Waals surface area contributed by atoms with Crippen LogP contribution in [0.4, 0.5) is 5.82 Å². The lowest BCUT2D eigenvalue weighted by Gasteiger charge is -2.27. The highest BCUT2D eigenvalue weighted by atomic mass is 15.2. The van der Waals surface area contributed by atoms with Crippen LogP contribution in [-0.4, -0.2) is 49.2 Å². The van der Waals surface area contributed by atoms with Gasteiger partial charge in [0.15, 0.2) is 0 Å². The summed E-state index contributed by atoms with van der Waals surface area (Å²) >= 11 is 0. The molecular weight excluding hydrogens is 188 g/mol. The van der Waals surface area contributed by atoms with Crippen molar-refractivity contribution in [2.75, 3.05) is 44.6 Å². The van der Waals surface area contributed by atoms with Gasteiger partial charge in [0.1, 0.15) is 5.82 Å². The predicted octanol–water partition coefficient (Wildman–Crippen LogP) is 0.399. The van der Waals surface area contributed by atoms with E-state index in [1.165, 1.54) is 0 Å². The molecule has 1 fully saturated rings. The van der Waals surface area contributed by atoms with Gasteiger partial charge in [-0.1, -0.05) is 6.07 Å². The molecule has 0 bridgehead atoms. The summed E-state index contributed by atoms with van der Waals surface area (Å²) in [5, 5.41) is 6.67. The van der Waals surface area contributed by atoms with Gasteiger partial charge in [-0.2, -0.15) is 0 Å². The minimum Gasteiger partial charge on any atom is -0.369 e. The van der Waals surface area contributed by atoms with Gasteiger partial charge in [0.2, 0.25) is 0 Å². The molecule has 2 N–H and O–H groups in total. The van der Waals surface area contributed by atoms with Crippen LogP contribution in [0.1, 0.15) is 0 Å². The van der Waals surface area contributed by atoms with Gasteiger partial charge in [-0.15, -0.1) is 0 Å². The van der Waals surface area contributed by atoms with Crippen LogP contribution in [0.25, 0.3) is 0 Å². The molecule has 4 heteroatoms. The second kappa shape index (κ2) is 5.68. The first-order valence-electron chi connectivity index (χ1n) is 5.53. The average molecular weight is 206 g/mol. The minimum absolute atomic E-state index is 0.965. The summed E-state index contributed by atoms with van der Waals surface area (Å²) in [6.07, 6.45) is 1.81. The molecule has 4 nitrogen and oxygen atoms in total. The van der Waals surface area contributed by atoms with Gasteiger partial charge in [-0.05, 0) is 12.1 Å². The smallest absolute Gasteiger partial charge is 0.125 e. The van der Waals surface area contributed by atoms with Gasteiger partial charge in [-0.25, -0.2) is 4.98 Å². The van der Waals surface area contributed by atoms with E-state index in [9.17, 15) is 0 Å². The van der Waals surface area contributed by atoms with Crippen LogP contribution >= 0.6 is 0 Å². The van der Waals surface area contributed by atoms with E-state index in [2.05, 4.69) is 20.5 Å². The Labute approximate surface area is 90.7 Å². The van der Waals surface area contributed by atoms with E-state index in [4.69, 9.17) is 0 Å². The van der Waals surface area contributed by atoms with Crippen molar-refractivity contribution >= 4 is 5.82 Å². The molecule has 82 valence electrons. The summed E-state index contributed by atoms with van der Waals surface area (Å²) < 4.78 is 0. The standard InChI is InChI=1S/C11H18N4/c1-2-4-13-11(3-1)14-7-10-15-8-5-12-6-9-15/h1-4,12H,5-10H2,(H,13,14). The Kier molecular flexibility index (Phi) is 3.93. The molecule has 2 rings (SSSR count). The monoisotopic (exact) mass is 206 g/mol. The summed E-state index contributed by atoms with van der Waals surface area (Å²) in [5.41, 5.74) is 0. The lowest BCUT2D eigenvalue weighted by atomic mass is 10.3. The second-order valence-corrected chi connectivity index (χ2v) is 3.73. The molecule has 1 aromatic heterocycles. The molecule has 1 aliphatic rings. The number of aromatic nitrogens is 1. The van der Waals surface area contributed by atoms with Gasteiger partial charge in [0.05, 0.1) is 0 Å². The lowest BCUT2D eigenvalue weighted by molar-refractivity contribution is 0.249. The average Bonchev–Trinajstić information content (AvgIpc) is 2.32. The van der Waals surface area contributed by atoms with Gasteiger partial charge in [0.25, 0.3) is 0 Å². The maximum Gasteiger partial charge on any atom is 0.125 e. The summed E-state index contributed by atoms with van der Waals surface area (Å²) in [5.74, 6) is 0.965. The van der Waals surface area contributed by atoms with Gasteiger partial charge >= 0.3 is 0 Å². The molecule has 1 aliphatic heterocycles. The third-order valence-corrected chi connectivity index (χ3v) is 2.61. The Balaban J connectivity index is 1.66. The zero-order valence-corrected chi connectivity index (χ0v) is 8.95. The number of hydrogen-bond acceptors (Lipinski definition) is 4. The number of nitrogens with zero attached hydrogens (tertiary/aromatic N) is 2. The predicted molar refractivity (Wildman–Crippen MR) is 62.0 cm³/mol. The molecule has 0 radical (unpaired) electrons. The van der Waals surface area contributed by atoms with Crippen molar-refractivity contribution < 1.29 is 0 Å². The fourth-order valence-corrected chi connectivity index (χ4v) is 1.74. The van der Waals surface area contributed by atoms with Crippen molar-refractivity contribution in [3.05, 3.63) is 24.4 Å². The molecule has 1 aromatic rings. The summed E-state index contributed by atoms with van der Waals surface area (Å²) in [7, 11) is 0. The number of rotatable bonds is 4. The fraction of sp³-hybridized carbons (Fsp3) is 0.545. The van der Waals surface area contributed by atoms with Crippen LogP contribution in [0, 0.1) is 0 Å².